The van der Waals surface area contributed by atoms with Crippen molar-refractivity contribution in [2.24, 2.45) is 11.7 Å². The molecule has 7 heteroatoms. The fourth-order valence-electron chi connectivity index (χ4n) is 1.98. The molecule has 0 aliphatic heterocycles. The average Bonchev–Trinajstić information content (AvgIpc) is 2.52. The number of carbonyl (C=O) groups excluding carboxylic acids is 3. The van der Waals surface area contributed by atoms with Gasteiger partial charge in [-0.1, -0.05) is 44.2 Å². The van der Waals surface area contributed by atoms with Crippen LogP contribution in [0.2, 0.25) is 0 Å². The molecule has 1 aromatic carbocycles. The SMILES string of the molecule is CC(C)COC(=O)N[C@@H](CC(N)=O)C(=O)N[C@@H](C)c1ccccc1. The van der Waals surface area contributed by atoms with E-state index >= 15 is 0 Å². The smallest absolute Gasteiger partial charge is 0.407 e. The van der Waals surface area contributed by atoms with Crippen LogP contribution in [0.4, 0.5) is 4.79 Å². The molecule has 1 aromatic rings. The van der Waals surface area contributed by atoms with E-state index in [4.69, 9.17) is 10.5 Å². The van der Waals surface area contributed by atoms with Crippen LogP contribution in [0, 0.1) is 5.92 Å². The lowest BCUT2D eigenvalue weighted by Gasteiger charge is -2.21. The third kappa shape index (κ3) is 7.13. The zero-order chi connectivity index (χ0) is 18.1. The zero-order valence-electron chi connectivity index (χ0n) is 14.2. The normalized spacial score (nSPS) is 13.0. The van der Waals surface area contributed by atoms with E-state index in [1.807, 2.05) is 51.1 Å². The molecule has 3 amide bonds. The van der Waals surface area contributed by atoms with E-state index in [9.17, 15) is 14.4 Å². The van der Waals surface area contributed by atoms with Crippen LogP contribution in [0.1, 0.15) is 38.8 Å². The molecule has 1 rings (SSSR count). The summed E-state index contributed by atoms with van der Waals surface area (Å²) >= 11 is 0. The van der Waals surface area contributed by atoms with Crippen molar-refractivity contribution in [3.05, 3.63) is 35.9 Å². The first-order valence-electron chi connectivity index (χ1n) is 7.86. The van der Waals surface area contributed by atoms with Crippen molar-refractivity contribution in [3.63, 3.8) is 0 Å². The van der Waals surface area contributed by atoms with Gasteiger partial charge in [0, 0.05) is 0 Å². The summed E-state index contributed by atoms with van der Waals surface area (Å²) in [4.78, 5) is 35.2. The second-order valence-corrected chi connectivity index (χ2v) is 6.00. The van der Waals surface area contributed by atoms with Gasteiger partial charge < -0.3 is 21.1 Å². The molecular formula is C17H25N3O4. The van der Waals surface area contributed by atoms with Crippen molar-refractivity contribution in [2.75, 3.05) is 6.61 Å². The van der Waals surface area contributed by atoms with E-state index in [0.717, 1.165) is 5.56 Å². The van der Waals surface area contributed by atoms with E-state index < -0.39 is 23.9 Å². The predicted molar refractivity (Wildman–Crippen MR) is 89.9 cm³/mol. The van der Waals surface area contributed by atoms with Crippen LogP contribution in [0.25, 0.3) is 0 Å². The van der Waals surface area contributed by atoms with Crippen molar-refractivity contribution in [2.45, 2.75) is 39.3 Å². The summed E-state index contributed by atoms with van der Waals surface area (Å²) in [7, 11) is 0. The molecule has 24 heavy (non-hydrogen) atoms. The van der Waals surface area contributed by atoms with Gasteiger partial charge in [0.05, 0.1) is 19.1 Å². The minimum absolute atomic E-state index is 0.164. The van der Waals surface area contributed by atoms with Crippen molar-refractivity contribution >= 4 is 17.9 Å². The summed E-state index contributed by atoms with van der Waals surface area (Å²) in [5, 5.41) is 5.14. The van der Waals surface area contributed by atoms with E-state index in [2.05, 4.69) is 10.6 Å². The van der Waals surface area contributed by atoms with Crippen molar-refractivity contribution < 1.29 is 19.1 Å². The molecule has 4 N–H and O–H groups in total. The molecule has 0 aromatic heterocycles. The highest BCUT2D eigenvalue weighted by Crippen LogP contribution is 2.11. The monoisotopic (exact) mass is 335 g/mol. The number of rotatable bonds is 8. The largest absolute Gasteiger partial charge is 0.449 e. The first-order chi connectivity index (χ1) is 11.3. The lowest BCUT2D eigenvalue weighted by molar-refractivity contribution is -0.127. The lowest BCUT2D eigenvalue weighted by Crippen LogP contribution is -2.49. The molecular weight excluding hydrogens is 310 g/mol. The van der Waals surface area contributed by atoms with Crippen LogP contribution in [-0.2, 0) is 14.3 Å². The second kappa shape index (κ2) is 9.54. The first-order valence-corrected chi connectivity index (χ1v) is 7.86. The zero-order valence-corrected chi connectivity index (χ0v) is 14.2. The van der Waals surface area contributed by atoms with Crippen molar-refractivity contribution in [1.82, 2.24) is 10.6 Å². The van der Waals surface area contributed by atoms with Crippen LogP contribution in [0.5, 0.6) is 0 Å². The summed E-state index contributed by atoms with van der Waals surface area (Å²) in [5.41, 5.74) is 6.07. The highest BCUT2D eigenvalue weighted by Gasteiger charge is 2.25. The standard InChI is InChI=1S/C17H25N3O4/c1-11(2)10-24-17(23)20-14(9-15(18)21)16(22)19-12(3)13-7-5-4-6-8-13/h4-8,11-12,14H,9-10H2,1-3H3,(H2,18,21)(H,19,22)(H,20,23)/t12-,14-/m0/s1. The summed E-state index contributed by atoms with van der Waals surface area (Å²) in [6.07, 6.45) is -1.05. The number of amides is 3. The van der Waals surface area contributed by atoms with E-state index in [1.165, 1.54) is 0 Å². The van der Waals surface area contributed by atoms with Gasteiger partial charge >= 0.3 is 6.09 Å². The molecule has 0 fully saturated rings. The third-order valence-electron chi connectivity index (χ3n) is 3.22. The molecule has 0 radical (unpaired) electrons. The molecule has 2 atom stereocenters. The summed E-state index contributed by atoms with van der Waals surface area (Å²) in [6, 6.07) is 7.99. The Hall–Kier alpha value is -2.57. The van der Waals surface area contributed by atoms with Gasteiger partial charge in [-0.3, -0.25) is 9.59 Å². The minimum Gasteiger partial charge on any atom is -0.449 e. The molecule has 0 bridgehead atoms. The number of benzene rings is 1. The van der Waals surface area contributed by atoms with Crippen LogP contribution in [0.3, 0.4) is 0 Å². The third-order valence-corrected chi connectivity index (χ3v) is 3.22. The minimum atomic E-state index is -1.08. The number of nitrogens with one attached hydrogen (secondary N) is 2. The topological polar surface area (TPSA) is 111 Å². The average molecular weight is 335 g/mol. The lowest BCUT2D eigenvalue weighted by atomic mass is 10.1. The molecule has 7 nitrogen and oxygen atoms in total. The molecule has 0 saturated heterocycles. The fraction of sp³-hybridized carbons (Fsp3) is 0.471. The number of alkyl carbamates (subject to hydrolysis) is 1. The van der Waals surface area contributed by atoms with E-state index in [1.54, 1.807) is 0 Å². The van der Waals surface area contributed by atoms with Gasteiger partial charge in [-0.25, -0.2) is 4.79 Å². The number of nitrogens with two attached hydrogens (primary N) is 1. The van der Waals surface area contributed by atoms with Crippen LogP contribution < -0.4 is 16.4 Å². The number of hydrogen-bond acceptors (Lipinski definition) is 4. The Morgan fingerprint density at radius 3 is 2.25 bits per heavy atom. The molecule has 132 valence electrons. The molecule has 0 saturated carbocycles. The maximum atomic E-state index is 12.3. The predicted octanol–water partition coefficient (Wildman–Crippen LogP) is 1.49. The van der Waals surface area contributed by atoms with Crippen LogP contribution in [-0.4, -0.2) is 30.6 Å². The number of hydrogen-bond donors (Lipinski definition) is 3. The Balaban J connectivity index is 2.67. The van der Waals surface area contributed by atoms with Crippen molar-refractivity contribution in [1.29, 1.82) is 0 Å². The van der Waals surface area contributed by atoms with Gasteiger partial charge in [-0.2, -0.15) is 0 Å². The Morgan fingerprint density at radius 1 is 1.08 bits per heavy atom. The maximum Gasteiger partial charge on any atom is 0.407 e. The van der Waals surface area contributed by atoms with Gasteiger partial charge in [0.1, 0.15) is 6.04 Å². The van der Waals surface area contributed by atoms with Gasteiger partial charge in [-0.15, -0.1) is 0 Å². The molecule has 0 unspecified atom stereocenters. The summed E-state index contributed by atoms with van der Waals surface area (Å²) in [6.45, 7) is 5.81. The Labute approximate surface area is 141 Å². The molecule has 0 heterocycles. The molecule has 0 spiro atoms. The first kappa shape index (κ1) is 19.5. The van der Waals surface area contributed by atoms with Crippen molar-refractivity contribution in [3.8, 4) is 0 Å². The highest BCUT2D eigenvalue weighted by molar-refractivity contribution is 5.90. The molecule has 0 aliphatic carbocycles. The molecule has 0 aliphatic rings. The maximum absolute atomic E-state index is 12.3. The quantitative estimate of drug-likeness (QED) is 0.668. The number of ether oxygens (including phenoxy) is 1. The van der Waals surface area contributed by atoms with E-state index in [0.29, 0.717) is 0 Å². The second-order valence-electron chi connectivity index (χ2n) is 6.00. The summed E-state index contributed by atoms with van der Waals surface area (Å²) < 4.78 is 4.97. The Kier molecular flexibility index (Phi) is 7.74. The van der Waals surface area contributed by atoms with Gasteiger partial charge in [-0.05, 0) is 18.4 Å². The Morgan fingerprint density at radius 2 is 1.71 bits per heavy atom. The highest BCUT2D eigenvalue weighted by atomic mass is 16.5. The van der Waals surface area contributed by atoms with E-state index in [-0.39, 0.29) is 25.0 Å². The van der Waals surface area contributed by atoms with Gasteiger partial charge in [0.25, 0.3) is 0 Å². The van der Waals surface area contributed by atoms with Crippen LogP contribution >= 0.6 is 0 Å². The van der Waals surface area contributed by atoms with Gasteiger partial charge in [0.2, 0.25) is 11.8 Å². The van der Waals surface area contributed by atoms with Crippen LogP contribution in [0.15, 0.2) is 30.3 Å². The van der Waals surface area contributed by atoms with Gasteiger partial charge in [0.15, 0.2) is 0 Å². The summed E-state index contributed by atoms with van der Waals surface area (Å²) in [5.74, 6) is -1.02. The Bertz CT molecular complexity index is 560. The number of primary amides is 1. The fourth-order valence-corrected chi connectivity index (χ4v) is 1.98. The number of carbonyl (C=O) groups is 3.